The Kier molecular flexibility index (Phi) is 5.38. The number of methoxy groups -OCH3 is 1. The van der Waals surface area contributed by atoms with Crippen LogP contribution in [-0.4, -0.2) is 43.4 Å². The fraction of sp³-hybridized carbons (Fsp3) is 0.833. The van der Waals surface area contributed by atoms with Gasteiger partial charge in [-0.05, 0) is 26.2 Å². The Morgan fingerprint density at radius 3 is 2.55 bits per heavy atom. The van der Waals surface area contributed by atoms with Crippen molar-refractivity contribution < 1.29 is 32.2 Å². The molecule has 0 aromatic carbocycles. The molecule has 0 radical (unpaired) electrons. The Balaban J connectivity index is 2.87. The molecule has 0 aromatic heterocycles. The fourth-order valence-corrected chi connectivity index (χ4v) is 2.36. The number of rotatable bonds is 4. The van der Waals surface area contributed by atoms with Gasteiger partial charge in [-0.25, -0.2) is 4.79 Å². The molecule has 116 valence electrons. The minimum absolute atomic E-state index is 0.160. The van der Waals surface area contributed by atoms with Crippen molar-refractivity contribution in [3.8, 4) is 0 Å². The van der Waals surface area contributed by atoms with E-state index in [1.165, 1.54) is 0 Å². The molecule has 1 saturated heterocycles. The van der Waals surface area contributed by atoms with Crippen molar-refractivity contribution in [3.63, 3.8) is 0 Å². The van der Waals surface area contributed by atoms with Crippen LogP contribution in [0.25, 0.3) is 0 Å². The van der Waals surface area contributed by atoms with Crippen LogP contribution in [0.15, 0.2) is 0 Å². The number of alkyl halides is 3. The van der Waals surface area contributed by atoms with Gasteiger partial charge in [0.15, 0.2) is 0 Å². The molecule has 5 nitrogen and oxygen atoms in total. The highest BCUT2D eigenvalue weighted by atomic mass is 19.4. The maximum atomic E-state index is 13.2. The van der Waals surface area contributed by atoms with Crippen molar-refractivity contribution in [1.82, 2.24) is 5.32 Å². The normalized spacial score (nSPS) is 26.9. The number of esters is 2. The van der Waals surface area contributed by atoms with E-state index in [0.717, 1.165) is 7.11 Å². The van der Waals surface area contributed by atoms with Crippen LogP contribution in [0.5, 0.6) is 0 Å². The smallest absolute Gasteiger partial charge is 0.417 e. The number of carbonyl (C=O) groups is 2. The quantitative estimate of drug-likeness (QED) is 0.798. The molecule has 0 aliphatic carbocycles. The van der Waals surface area contributed by atoms with Gasteiger partial charge in [0, 0.05) is 6.04 Å². The zero-order chi connectivity index (χ0) is 15.4. The molecule has 1 N–H and O–H groups in total. The van der Waals surface area contributed by atoms with E-state index in [-0.39, 0.29) is 19.4 Å². The summed E-state index contributed by atoms with van der Waals surface area (Å²) in [6, 6.07) is -0.761. The minimum Gasteiger partial charge on any atom is -0.467 e. The molecular weight excluding hydrogens is 279 g/mol. The fourth-order valence-electron chi connectivity index (χ4n) is 2.36. The summed E-state index contributed by atoms with van der Waals surface area (Å²) in [7, 11) is 0.909. The summed E-state index contributed by atoms with van der Waals surface area (Å²) in [5.41, 5.74) is -2.74. The highest BCUT2D eigenvalue weighted by Gasteiger charge is 2.62. The van der Waals surface area contributed by atoms with Gasteiger partial charge < -0.3 is 9.47 Å². The Morgan fingerprint density at radius 1 is 1.40 bits per heavy atom. The maximum absolute atomic E-state index is 13.2. The van der Waals surface area contributed by atoms with Crippen LogP contribution in [-0.2, 0) is 19.1 Å². The molecule has 20 heavy (non-hydrogen) atoms. The molecule has 0 bridgehead atoms. The lowest BCUT2D eigenvalue weighted by Crippen LogP contribution is -2.67. The van der Waals surface area contributed by atoms with Gasteiger partial charge in [0.25, 0.3) is 0 Å². The zero-order valence-electron chi connectivity index (χ0n) is 11.4. The summed E-state index contributed by atoms with van der Waals surface area (Å²) in [6.07, 6.45) is -4.85. The Bertz CT molecular complexity index is 372. The van der Waals surface area contributed by atoms with Crippen molar-refractivity contribution in [1.29, 1.82) is 0 Å². The van der Waals surface area contributed by atoms with E-state index in [0.29, 0.717) is 6.42 Å². The third kappa shape index (κ3) is 3.41. The predicted octanol–water partition coefficient (Wildman–Crippen LogP) is 1.56. The summed E-state index contributed by atoms with van der Waals surface area (Å²) >= 11 is 0. The van der Waals surface area contributed by atoms with Crippen molar-refractivity contribution in [2.75, 3.05) is 13.7 Å². The van der Waals surface area contributed by atoms with Gasteiger partial charge in [0.1, 0.15) is 0 Å². The largest absolute Gasteiger partial charge is 0.467 e. The third-order valence-corrected chi connectivity index (χ3v) is 3.29. The van der Waals surface area contributed by atoms with Crippen LogP contribution in [0, 0.1) is 0 Å². The maximum Gasteiger partial charge on any atom is 0.417 e. The molecule has 0 saturated carbocycles. The molecule has 1 heterocycles. The first kappa shape index (κ1) is 16.7. The van der Waals surface area contributed by atoms with E-state index in [9.17, 15) is 22.8 Å². The SMILES string of the molecule is CCOC(=O)C[C@@H]1CCC[C@](C(=O)OC)(C(F)(F)F)N1. The third-order valence-electron chi connectivity index (χ3n) is 3.29. The van der Waals surface area contributed by atoms with Crippen LogP contribution in [0.2, 0.25) is 0 Å². The molecule has 1 aliphatic rings. The average molecular weight is 297 g/mol. The topological polar surface area (TPSA) is 64.6 Å². The highest BCUT2D eigenvalue weighted by Crippen LogP contribution is 2.39. The molecule has 1 fully saturated rings. The molecule has 8 heteroatoms. The second-order valence-corrected chi connectivity index (χ2v) is 4.64. The van der Waals surface area contributed by atoms with Gasteiger partial charge in [-0.2, -0.15) is 13.2 Å². The van der Waals surface area contributed by atoms with E-state index in [1.807, 2.05) is 0 Å². The first-order valence-electron chi connectivity index (χ1n) is 6.35. The van der Waals surface area contributed by atoms with E-state index in [2.05, 4.69) is 10.1 Å². The summed E-state index contributed by atoms with van der Waals surface area (Å²) < 4.78 is 48.6. The van der Waals surface area contributed by atoms with Gasteiger partial charge in [-0.15, -0.1) is 0 Å². The highest BCUT2D eigenvalue weighted by molar-refractivity contribution is 5.82. The number of halogens is 3. The molecule has 0 amide bonds. The van der Waals surface area contributed by atoms with Gasteiger partial charge >= 0.3 is 18.1 Å². The van der Waals surface area contributed by atoms with Crippen molar-refractivity contribution in [3.05, 3.63) is 0 Å². The van der Waals surface area contributed by atoms with Crippen molar-refractivity contribution >= 4 is 11.9 Å². The molecule has 1 rings (SSSR count). The van der Waals surface area contributed by atoms with Crippen molar-refractivity contribution in [2.24, 2.45) is 0 Å². The second-order valence-electron chi connectivity index (χ2n) is 4.64. The predicted molar refractivity (Wildman–Crippen MR) is 62.8 cm³/mol. The lowest BCUT2D eigenvalue weighted by Gasteiger charge is -2.40. The first-order valence-corrected chi connectivity index (χ1v) is 6.35. The molecule has 0 unspecified atom stereocenters. The monoisotopic (exact) mass is 297 g/mol. The molecule has 0 spiro atoms. The Labute approximate surface area is 114 Å². The van der Waals surface area contributed by atoms with Gasteiger partial charge in [-0.3, -0.25) is 10.1 Å². The molecule has 1 aliphatic heterocycles. The van der Waals surface area contributed by atoms with E-state index < -0.39 is 36.1 Å². The average Bonchev–Trinajstić information content (AvgIpc) is 2.36. The van der Waals surface area contributed by atoms with E-state index in [1.54, 1.807) is 6.92 Å². The Morgan fingerprint density at radius 2 is 2.05 bits per heavy atom. The molecular formula is C12H18F3NO4. The minimum atomic E-state index is -4.78. The van der Waals surface area contributed by atoms with Gasteiger partial charge in [0.05, 0.1) is 20.1 Å². The van der Waals surface area contributed by atoms with Crippen LogP contribution in [0.4, 0.5) is 13.2 Å². The number of nitrogens with one attached hydrogen (secondary N) is 1. The number of hydrogen-bond acceptors (Lipinski definition) is 5. The van der Waals surface area contributed by atoms with E-state index in [4.69, 9.17) is 4.74 Å². The van der Waals surface area contributed by atoms with Crippen LogP contribution in [0.1, 0.15) is 32.6 Å². The summed E-state index contributed by atoms with van der Waals surface area (Å²) in [4.78, 5) is 22.9. The first-order chi connectivity index (χ1) is 9.26. The van der Waals surface area contributed by atoms with Gasteiger partial charge in [0.2, 0.25) is 5.54 Å². The standard InChI is InChI=1S/C12H18F3NO4/c1-3-20-9(17)7-8-5-4-6-11(16-8,10(18)19-2)12(13,14)15/h8,16H,3-7H2,1-2H3/t8-,11-/m0/s1. The number of hydrogen-bond donors (Lipinski definition) is 1. The second kappa shape index (κ2) is 6.43. The van der Waals surface area contributed by atoms with Crippen LogP contribution < -0.4 is 5.32 Å². The number of carbonyl (C=O) groups excluding carboxylic acids is 2. The van der Waals surface area contributed by atoms with Gasteiger partial charge in [-0.1, -0.05) is 0 Å². The zero-order valence-corrected chi connectivity index (χ0v) is 11.4. The molecule has 0 aromatic rings. The number of ether oxygens (including phenoxy) is 2. The number of piperidine rings is 1. The molecule has 2 atom stereocenters. The lowest BCUT2D eigenvalue weighted by molar-refractivity contribution is -0.219. The Hall–Kier alpha value is -1.31. The summed E-state index contributed by atoms with van der Waals surface area (Å²) in [5, 5.41) is 2.25. The van der Waals surface area contributed by atoms with Crippen molar-refractivity contribution in [2.45, 2.75) is 50.4 Å². The van der Waals surface area contributed by atoms with Crippen LogP contribution >= 0.6 is 0 Å². The van der Waals surface area contributed by atoms with E-state index >= 15 is 0 Å². The summed E-state index contributed by atoms with van der Waals surface area (Å²) in [6.45, 7) is 1.77. The summed E-state index contributed by atoms with van der Waals surface area (Å²) in [5.74, 6) is -1.97. The van der Waals surface area contributed by atoms with Crippen LogP contribution in [0.3, 0.4) is 0 Å². The lowest BCUT2D eigenvalue weighted by atomic mass is 9.84.